The molecule has 0 aromatic carbocycles. The molecular formula is C31H54O4. The van der Waals surface area contributed by atoms with E-state index in [1.165, 1.54) is 50.5 Å². The van der Waals surface area contributed by atoms with Gasteiger partial charge in [-0.05, 0) is 74.5 Å². The smallest absolute Gasteiger partial charge is 0.306 e. The summed E-state index contributed by atoms with van der Waals surface area (Å²) < 4.78 is 0. The summed E-state index contributed by atoms with van der Waals surface area (Å²) in [6, 6.07) is 0. The van der Waals surface area contributed by atoms with Gasteiger partial charge in [0.25, 0.3) is 0 Å². The van der Waals surface area contributed by atoms with E-state index in [4.69, 9.17) is 0 Å². The summed E-state index contributed by atoms with van der Waals surface area (Å²) in [5.74, 6) is 1.14. The van der Waals surface area contributed by atoms with Gasteiger partial charge in [0.2, 0.25) is 0 Å². The monoisotopic (exact) mass is 490 g/mol. The number of aliphatic hydroxyl groups is 2. The zero-order valence-corrected chi connectivity index (χ0v) is 23.9. The molecule has 4 nitrogen and oxygen atoms in total. The lowest BCUT2D eigenvalue weighted by Gasteiger charge is -2.40. The molecule has 0 aliphatic heterocycles. The van der Waals surface area contributed by atoms with Crippen molar-refractivity contribution in [3.05, 3.63) is 34.1 Å². The number of carboxylic acid groups (broad SMARTS) is 1. The summed E-state index contributed by atoms with van der Waals surface area (Å²) in [6.45, 7) is 16.8. The number of aliphatic carboxylic acids is 1. The zero-order valence-electron chi connectivity index (χ0n) is 23.9. The van der Waals surface area contributed by atoms with Gasteiger partial charge < -0.3 is 15.3 Å². The van der Waals surface area contributed by atoms with Gasteiger partial charge in [-0.25, -0.2) is 0 Å². The normalized spacial score (nSPS) is 23.3. The van der Waals surface area contributed by atoms with Gasteiger partial charge in [0.05, 0.1) is 6.42 Å². The molecule has 202 valence electrons. The molecular weight excluding hydrogens is 436 g/mol. The second-order valence-electron chi connectivity index (χ2n) is 12.0. The van der Waals surface area contributed by atoms with Crippen LogP contribution in [0.3, 0.4) is 0 Å². The average Bonchev–Trinajstić information content (AvgIpc) is 2.76. The number of rotatable bonds is 16. The number of carbonyl (C=O) groups is 1. The molecule has 1 aliphatic rings. The molecule has 0 radical (unpaired) electrons. The molecule has 0 saturated carbocycles. The van der Waals surface area contributed by atoms with Crippen LogP contribution in [0.4, 0.5) is 0 Å². The summed E-state index contributed by atoms with van der Waals surface area (Å²) in [5, 5.41) is 31.2. The van der Waals surface area contributed by atoms with Gasteiger partial charge in [0.1, 0.15) is 11.4 Å². The third kappa shape index (κ3) is 10.1. The van der Waals surface area contributed by atoms with Gasteiger partial charge in [0, 0.05) is 5.92 Å². The minimum atomic E-state index is -1.46. The van der Waals surface area contributed by atoms with Crippen molar-refractivity contribution in [2.24, 2.45) is 23.7 Å². The molecule has 4 heteroatoms. The van der Waals surface area contributed by atoms with Crippen molar-refractivity contribution in [1.82, 2.24) is 0 Å². The molecule has 0 bridgehead atoms. The predicted molar refractivity (Wildman–Crippen MR) is 147 cm³/mol. The van der Waals surface area contributed by atoms with E-state index in [0.29, 0.717) is 17.6 Å². The van der Waals surface area contributed by atoms with Gasteiger partial charge >= 0.3 is 5.97 Å². The van der Waals surface area contributed by atoms with Crippen molar-refractivity contribution < 1.29 is 20.1 Å². The van der Waals surface area contributed by atoms with Gasteiger partial charge in [0.15, 0.2) is 0 Å². The first-order valence-corrected chi connectivity index (χ1v) is 14.0. The predicted octanol–water partition coefficient (Wildman–Crippen LogP) is 8.77. The Hall–Kier alpha value is -1.55. The van der Waals surface area contributed by atoms with Gasteiger partial charge in [-0.2, -0.15) is 0 Å². The molecule has 35 heavy (non-hydrogen) atoms. The van der Waals surface area contributed by atoms with Crippen LogP contribution in [0.25, 0.3) is 0 Å². The van der Waals surface area contributed by atoms with Gasteiger partial charge in [-0.1, -0.05) is 91.2 Å². The molecule has 3 N–H and O–H groups in total. The fourth-order valence-corrected chi connectivity index (χ4v) is 5.44. The Morgan fingerprint density at radius 2 is 1.49 bits per heavy atom. The lowest BCUT2D eigenvalue weighted by atomic mass is 9.69. The van der Waals surface area contributed by atoms with E-state index >= 15 is 0 Å². The fraction of sp³-hybridized carbons (Fsp3) is 0.774. The lowest BCUT2D eigenvalue weighted by molar-refractivity contribution is -0.142. The van der Waals surface area contributed by atoms with E-state index in [2.05, 4.69) is 40.7 Å². The van der Waals surface area contributed by atoms with E-state index in [-0.39, 0.29) is 12.2 Å². The molecule has 4 atom stereocenters. The molecule has 0 amide bonds. The molecule has 0 spiro atoms. The highest BCUT2D eigenvalue weighted by Crippen LogP contribution is 2.44. The summed E-state index contributed by atoms with van der Waals surface area (Å²) in [5.41, 5.74) is 1.70. The third-order valence-electron chi connectivity index (χ3n) is 8.34. The maximum atomic E-state index is 11.4. The Morgan fingerprint density at radius 3 is 2.00 bits per heavy atom. The van der Waals surface area contributed by atoms with E-state index in [9.17, 15) is 20.1 Å². The second-order valence-corrected chi connectivity index (χ2v) is 12.0. The van der Waals surface area contributed by atoms with Crippen molar-refractivity contribution >= 4 is 5.97 Å². The Balaban J connectivity index is 2.50. The van der Waals surface area contributed by atoms with E-state index < -0.39 is 17.5 Å². The Labute approximate surface area is 215 Å². The highest BCUT2D eigenvalue weighted by molar-refractivity contribution is 5.70. The van der Waals surface area contributed by atoms with Gasteiger partial charge in [-0.3, -0.25) is 4.79 Å². The standard InChI is InChI=1S/C31H54O4/c1-21(2)12-9-13-22(3)14-10-15-23(4)16-11-17-24(5)18-19-28-27(8)31(35,20-29(32)33)26(7)25(6)30(28)34/h18,21-23,27,34-35H,9-17,19-20H2,1-8H3,(H,32,33)/b24-18-/t22-,23-,27-,31+/m1/s1. The van der Waals surface area contributed by atoms with E-state index in [0.717, 1.165) is 36.2 Å². The molecule has 0 unspecified atom stereocenters. The third-order valence-corrected chi connectivity index (χ3v) is 8.34. The van der Waals surface area contributed by atoms with Crippen molar-refractivity contribution in [2.45, 2.75) is 132 Å². The van der Waals surface area contributed by atoms with Crippen molar-refractivity contribution in [3.8, 4) is 0 Å². The first kappa shape index (κ1) is 31.5. The van der Waals surface area contributed by atoms with Crippen molar-refractivity contribution in [1.29, 1.82) is 0 Å². The quantitative estimate of drug-likeness (QED) is 0.189. The number of hydrogen-bond acceptors (Lipinski definition) is 3. The largest absolute Gasteiger partial charge is 0.508 e. The van der Waals surface area contributed by atoms with Crippen LogP contribution in [0.1, 0.15) is 126 Å². The van der Waals surface area contributed by atoms with Crippen LogP contribution in [-0.2, 0) is 4.79 Å². The molecule has 0 fully saturated rings. The first-order chi connectivity index (χ1) is 16.3. The maximum Gasteiger partial charge on any atom is 0.306 e. The molecule has 1 aliphatic carbocycles. The summed E-state index contributed by atoms with van der Waals surface area (Å²) >= 11 is 0. The highest BCUT2D eigenvalue weighted by Gasteiger charge is 2.44. The lowest BCUT2D eigenvalue weighted by Crippen LogP contribution is -2.44. The van der Waals surface area contributed by atoms with Crippen LogP contribution in [-0.4, -0.2) is 26.9 Å². The number of allylic oxidation sites excluding steroid dienone is 3. The summed E-state index contributed by atoms with van der Waals surface area (Å²) in [4.78, 5) is 11.4. The topological polar surface area (TPSA) is 77.8 Å². The van der Waals surface area contributed by atoms with Crippen LogP contribution in [0.2, 0.25) is 0 Å². The molecule has 0 aromatic rings. The van der Waals surface area contributed by atoms with Crippen molar-refractivity contribution in [2.75, 3.05) is 0 Å². The zero-order chi connectivity index (χ0) is 26.8. The minimum Gasteiger partial charge on any atom is -0.508 e. The molecule has 1 rings (SSSR count). The Bertz CT molecular complexity index is 773. The Kier molecular flexibility index (Phi) is 13.4. The maximum absolute atomic E-state index is 11.4. The van der Waals surface area contributed by atoms with Crippen LogP contribution >= 0.6 is 0 Å². The number of aliphatic hydroxyl groups excluding tert-OH is 1. The Morgan fingerprint density at radius 1 is 0.971 bits per heavy atom. The molecule has 0 aromatic heterocycles. The van der Waals surface area contributed by atoms with Crippen molar-refractivity contribution in [3.63, 3.8) is 0 Å². The summed E-state index contributed by atoms with van der Waals surface area (Å²) in [7, 11) is 0. The second kappa shape index (κ2) is 14.9. The average molecular weight is 491 g/mol. The molecule has 0 saturated heterocycles. The van der Waals surface area contributed by atoms with E-state index in [1.807, 2.05) is 6.92 Å². The summed E-state index contributed by atoms with van der Waals surface area (Å²) in [6.07, 6.45) is 13.8. The van der Waals surface area contributed by atoms with Crippen LogP contribution < -0.4 is 0 Å². The van der Waals surface area contributed by atoms with E-state index in [1.54, 1.807) is 13.8 Å². The number of carboxylic acids is 1. The number of hydrogen-bond donors (Lipinski definition) is 3. The van der Waals surface area contributed by atoms with Crippen LogP contribution in [0, 0.1) is 23.7 Å². The minimum absolute atomic E-state index is 0.209. The highest BCUT2D eigenvalue weighted by atomic mass is 16.4. The molecule has 0 heterocycles. The fourth-order valence-electron chi connectivity index (χ4n) is 5.44. The first-order valence-electron chi connectivity index (χ1n) is 14.0. The SMILES string of the molecule is CC1=C(C)[C@@](O)(CC(=O)O)[C@H](C)C(C/C=C(/C)CCC[C@H](C)CCC[C@H](C)CCCC(C)C)=C1O. The van der Waals surface area contributed by atoms with Gasteiger partial charge in [-0.15, -0.1) is 0 Å². The van der Waals surface area contributed by atoms with Crippen LogP contribution in [0.5, 0.6) is 0 Å². The van der Waals surface area contributed by atoms with Crippen LogP contribution in [0.15, 0.2) is 34.1 Å².